The number of aryl methyl sites for hydroxylation is 2. The molecule has 1 aliphatic rings. The number of para-hydroxylation sites is 1. The molecule has 2 aromatic carbocycles. The highest BCUT2D eigenvalue weighted by Gasteiger charge is 2.43. The largest absolute Gasteiger partial charge is 0.484 e. The topological polar surface area (TPSA) is 82.3 Å². The van der Waals surface area contributed by atoms with E-state index in [1.807, 2.05) is 72.8 Å². The second-order valence-electron chi connectivity index (χ2n) is 8.80. The van der Waals surface area contributed by atoms with Gasteiger partial charge in [-0.1, -0.05) is 24.3 Å². The second kappa shape index (κ2) is 10.9. The number of aromatic amines is 1. The van der Waals surface area contributed by atoms with E-state index in [4.69, 9.17) is 17.0 Å². The van der Waals surface area contributed by atoms with Gasteiger partial charge in [-0.05, 0) is 97.2 Å². The van der Waals surface area contributed by atoms with Crippen molar-refractivity contribution in [3.05, 3.63) is 105 Å². The van der Waals surface area contributed by atoms with Crippen LogP contribution in [0.4, 0.5) is 11.4 Å². The van der Waals surface area contributed by atoms with Crippen molar-refractivity contribution < 1.29 is 9.53 Å². The van der Waals surface area contributed by atoms with Gasteiger partial charge in [-0.2, -0.15) is 0 Å². The van der Waals surface area contributed by atoms with E-state index in [1.165, 1.54) is 9.13 Å². The predicted molar refractivity (Wildman–Crippen MR) is 158 cm³/mol. The number of amides is 1. The number of hydrogen-bond donors (Lipinski definition) is 3. The zero-order valence-corrected chi connectivity index (χ0v) is 23.3. The quantitative estimate of drug-likeness (QED) is 0.178. The number of halogens is 1. The van der Waals surface area contributed by atoms with Crippen LogP contribution >= 0.6 is 34.8 Å². The first-order valence-corrected chi connectivity index (χ1v) is 13.3. The molecule has 1 aliphatic heterocycles. The lowest BCUT2D eigenvalue weighted by molar-refractivity contribution is -0.118. The van der Waals surface area contributed by atoms with E-state index >= 15 is 0 Å². The van der Waals surface area contributed by atoms with Crippen molar-refractivity contribution in [1.29, 1.82) is 0 Å². The Kier molecular flexibility index (Phi) is 7.43. The Labute approximate surface area is 234 Å². The number of carbonyl (C=O) groups is 1. The van der Waals surface area contributed by atoms with Gasteiger partial charge in [-0.25, -0.2) is 0 Å². The molecule has 7 nitrogen and oxygen atoms in total. The maximum Gasteiger partial charge on any atom is 0.262 e. The molecule has 0 saturated carbocycles. The summed E-state index contributed by atoms with van der Waals surface area (Å²) in [6.45, 7) is 4.11. The highest BCUT2D eigenvalue weighted by Crippen LogP contribution is 2.44. The molecule has 3 heterocycles. The number of aromatic nitrogens is 2. The van der Waals surface area contributed by atoms with E-state index in [9.17, 15) is 4.79 Å². The van der Waals surface area contributed by atoms with Crippen molar-refractivity contribution in [1.82, 2.24) is 15.3 Å². The Morgan fingerprint density at radius 1 is 1.05 bits per heavy atom. The average Bonchev–Trinajstić information content (AvgIpc) is 3.38. The van der Waals surface area contributed by atoms with Crippen LogP contribution in [0.15, 0.2) is 79.0 Å². The lowest BCUT2D eigenvalue weighted by atomic mass is 9.96. The third-order valence-corrected chi connectivity index (χ3v) is 7.99. The number of H-pyrrole nitrogens is 1. The number of rotatable bonds is 7. The average molecular weight is 624 g/mol. The van der Waals surface area contributed by atoms with Crippen LogP contribution in [0.2, 0.25) is 0 Å². The normalized spacial score (nSPS) is 16.9. The van der Waals surface area contributed by atoms with Crippen LogP contribution in [0.1, 0.15) is 34.7 Å². The molecule has 4 aromatic rings. The first kappa shape index (κ1) is 25.2. The van der Waals surface area contributed by atoms with Gasteiger partial charge in [0.1, 0.15) is 5.75 Å². The predicted octanol–water partition coefficient (Wildman–Crippen LogP) is 5.83. The van der Waals surface area contributed by atoms with Gasteiger partial charge in [0.05, 0.1) is 17.8 Å². The van der Waals surface area contributed by atoms with E-state index in [-0.39, 0.29) is 24.6 Å². The number of nitrogens with one attached hydrogen (secondary N) is 3. The maximum absolute atomic E-state index is 12.4. The summed E-state index contributed by atoms with van der Waals surface area (Å²) in [7, 11) is 0. The summed E-state index contributed by atoms with van der Waals surface area (Å²) in [6.07, 6.45) is 1.80. The SMILES string of the molecule is Cc1[nH]c(C)c([C@H]2[C@@H](c3ccccn3)NC(=S)N2c2ccc(NC(=O)COc3ccccc3)cc2)c1I. The van der Waals surface area contributed by atoms with Crippen LogP contribution in [-0.2, 0) is 4.79 Å². The fourth-order valence-electron chi connectivity index (χ4n) is 4.62. The lowest BCUT2D eigenvalue weighted by Gasteiger charge is -2.28. The van der Waals surface area contributed by atoms with Gasteiger partial charge in [0.25, 0.3) is 5.91 Å². The van der Waals surface area contributed by atoms with Crippen molar-refractivity contribution in [2.24, 2.45) is 0 Å². The number of hydrogen-bond acceptors (Lipinski definition) is 4. The van der Waals surface area contributed by atoms with Crippen molar-refractivity contribution in [3.8, 4) is 5.75 Å². The third-order valence-electron chi connectivity index (χ3n) is 6.28. The van der Waals surface area contributed by atoms with Gasteiger partial charge < -0.3 is 25.3 Å². The Morgan fingerprint density at radius 2 is 1.78 bits per heavy atom. The molecule has 5 rings (SSSR count). The molecule has 9 heteroatoms. The van der Waals surface area contributed by atoms with Crippen molar-refractivity contribution in [2.75, 3.05) is 16.8 Å². The highest BCUT2D eigenvalue weighted by molar-refractivity contribution is 14.1. The number of ether oxygens (including phenoxy) is 1. The lowest BCUT2D eigenvalue weighted by Crippen LogP contribution is -2.29. The highest BCUT2D eigenvalue weighted by atomic mass is 127. The second-order valence-corrected chi connectivity index (χ2v) is 10.3. The minimum atomic E-state index is -0.226. The molecular formula is C28H26IN5O2S. The zero-order chi connectivity index (χ0) is 25.9. The van der Waals surface area contributed by atoms with Gasteiger partial charge in [-0.3, -0.25) is 9.78 Å². The summed E-state index contributed by atoms with van der Waals surface area (Å²) in [6, 6.07) is 22.7. The molecule has 1 saturated heterocycles. The Morgan fingerprint density at radius 3 is 2.43 bits per heavy atom. The molecule has 0 spiro atoms. The number of benzene rings is 2. The molecule has 1 amide bonds. The molecular weight excluding hydrogens is 597 g/mol. The van der Waals surface area contributed by atoms with Crippen LogP contribution in [0, 0.1) is 17.4 Å². The molecule has 0 aliphatic carbocycles. The molecule has 3 N–H and O–H groups in total. The van der Waals surface area contributed by atoms with Gasteiger partial charge in [0.2, 0.25) is 0 Å². The Balaban J connectivity index is 1.39. The summed E-state index contributed by atoms with van der Waals surface area (Å²) in [5.41, 5.74) is 5.95. The van der Waals surface area contributed by atoms with Gasteiger partial charge in [0, 0.05) is 38.1 Å². The summed E-state index contributed by atoms with van der Waals surface area (Å²) < 4.78 is 6.73. The van der Waals surface area contributed by atoms with Gasteiger partial charge in [-0.15, -0.1) is 0 Å². The Hall–Kier alpha value is -3.44. The van der Waals surface area contributed by atoms with Crippen LogP contribution in [0.5, 0.6) is 5.75 Å². The smallest absolute Gasteiger partial charge is 0.262 e. The van der Waals surface area contributed by atoms with Crippen LogP contribution < -0.4 is 20.3 Å². The zero-order valence-electron chi connectivity index (χ0n) is 20.4. The first-order valence-electron chi connectivity index (χ1n) is 11.9. The third kappa shape index (κ3) is 5.33. The van der Waals surface area contributed by atoms with E-state index in [0.29, 0.717) is 16.5 Å². The maximum atomic E-state index is 12.4. The van der Waals surface area contributed by atoms with Crippen LogP contribution in [0.3, 0.4) is 0 Å². The van der Waals surface area contributed by atoms with Crippen molar-refractivity contribution in [3.63, 3.8) is 0 Å². The van der Waals surface area contributed by atoms with Gasteiger partial charge in [0.15, 0.2) is 11.7 Å². The van der Waals surface area contributed by atoms with Crippen molar-refractivity contribution >= 4 is 57.2 Å². The molecule has 0 radical (unpaired) electrons. The summed E-state index contributed by atoms with van der Waals surface area (Å²) in [5.74, 6) is 0.428. The monoisotopic (exact) mass is 623 g/mol. The number of carbonyl (C=O) groups excluding carboxylic acids is 1. The standard InChI is InChI=1S/C28H26IN5O2S/c1-17-24(25(29)18(2)31-17)27-26(22-10-6-7-15-30-22)33-28(37)34(27)20-13-11-19(12-14-20)32-23(35)16-36-21-8-4-3-5-9-21/h3-15,26-27,31H,16H2,1-2H3,(H,32,35)(H,33,37)/t26-,27+/m1/s1. The van der Waals surface area contributed by atoms with E-state index in [2.05, 4.69) is 61.9 Å². The number of anilines is 2. The van der Waals surface area contributed by atoms with Crippen molar-refractivity contribution in [2.45, 2.75) is 25.9 Å². The molecule has 2 aromatic heterocycles. The molecule has 0 unspecified atom stereocenters. The van der Waals surface area contributed by atoms with Crippen LogP contribution in [0.25, 0.3) is 0 Å². The van der Waals surface area contributed by atoms with Crippen LogP contribution in [-0.4, -0.2) is 27.6 Å². The minimum Gasteiger partial charge on any atom is -0.484 e. The number of thiocarbonyl (C=S) groups is 1. The van der Waals surface area contributed by atoms with Gasteiger partial charge >= 0.3 is 0 Å². The Bertz CT molecular complexity index is 1410. The first-order chi connectivity index (χ1) is 17.9. The summed E-state index contributed by atoms with van der Waals surface area (Å²) in [4.78, 5) is 22.7. The fraction of sp³-hybridized carbons (Fsp3) is 0.179. The number of pyridine rings is 1. The molecule has 188 valence electrons. The summed E-state index contributed by atoms with van der Waals surface area (Å²) in [5, 5.41) is 7.02. The fourth-order valence-corrected chi connectivity index (χ4v) is 5.82. The van der Waals surface area contributed by atoms with E-state index in [0.717, 1.165) is 22.8 Å². The number of nitrogens with zero attached hydrogens (tertiary/aromatic N) is 2. The van der Waals surface area contributed by atoms with E-state index in [1.54, 1.807) is 6.20 Å². The summed E-state index contributed by atoms with van der Waals surface area (Å²) >= 11 is 8.24. The molecule has 1 fully saturated rings. The van der Waals surface area contributed by atoms with E-state index < -0.39 is 0 Å². The molecule has 0 bridgehead atoms. The molecule has 37 heavy (non-hydrogen) atoms. The molecule has 2 atom stereocenters. The minimum absolute atomic E-state index is 0.0652.